The van der Waals surface area contributed by atoms with Gasteiger partial charge in [0.05, 0.1) is 0 Å². The van der Waals surface area contributed by atoms with Crippen molar-refractivity contribution < 1.29 is 18.1 Å². The van der Waals surface area contributed by atoms with Crippen LogP contribution in [0.3, 0.4) is 0 Å². The van der Waals surface area contributed by atoms with E-state index in [1.165, 1.54) is 69.3 Å². The van der Waals surface area contributed by atoms with Crippen LogP contribution >= 0.6 is 7.82 Å². The zero-order valence-corrected chi connectivity index (χ0v) is 29.0. The lowest BCUT2D eigenvalue weighted by atomic mass is 9.89. The van der Waals surface area contributed by atoms with Gasteiger partial charge >= 0.3 is 7.82 Å². The minimum atomic E-state index is -4.18. The molecule has 6 aromatic carbocycles. The number of hydrogen-bond donors (Lipinski definition) is 0. The summed E-state index contributed by atoms with van der Waals surface area (Å²) in [5, 5.41) is 0. The average Bonchev–Trinajstić information content (AvgIpc) is 3.14. The number of fused-ring (bicyclic) bond motifs is 6. The van der Waals surface area contributed by atoms with E-state index < -0.39 is 7.82 Å². The minimum Gasteiger partial charge on any atom is -0.386 e. The molecule has 50 heavy (non-hydrogen) atoms. The Kier molecular flexibility index (Phi) is 8.06. The molecular weight excluding hydrogens is 635 g/mol. The summed E-state index contributed by atoms with van der Waals surface area (Å²) >= 11 is 0. The van der Waals surface area contributed by atoms with Gasteiger partial charge in [-0.25, -0.2) is 0 Å². The van der Waals surface area contributed by atoms with Crippen LogP contribution < -0.4 is 13.6 Å². The van der Waals surface area contributed by atoms with Crippen LogP contribution in [0.25, 0.3) is 33.4 Å². The van der Waals surface area contributed by atoms with E-state index in [1.807, 2.05) is 72.8 Å². The third-order valence-corrected chi connectivity index (χ3v) is 11.7. The number of phosphoric acid groups is 1. The first-order valence-corrected chi connectivity index (χ1v) is 19.4. The Morgan fingerprint density at radius 2 is 0.660 bits per heavy atom. The minimum absolute atomic E-state index is 0.411. The number of benzene rings is 6. The molecule has 9 rings (SSSR count). The number of hydrogen-bond acceptors (Lipinski definition) is 4. The van der Waals surface area contributed by atoms with Crippen LogP contribution in [-0.2, 0) is 43.1 Å². The third-order valence-electron chi connectivity index (χ3n) is 10.4. The monoisotopic (exact) mass is 674 g/mol. The Labute approximate surface area is 294 Å². The van der Waals surface area contributed by atoms with Crippen LogP contribution in [0.4, 0.5) is 0 Å². The molecule has 3 aliphatic rings. The lowest BCUT2D eigenvalue weighted by Gasteiger charge is -2.21. The summed E-state index contributed by atoms with van der Waals surface area (Å²) in [6, 6.07) is 43.3. The Morgan fingerprint density at radius 1 is 0.360 bits per heavy atom. The normalized spacial score (nSPS) is 14.6. The van der Waals surface area contributed by atoms with Crippen molar-refractivity contribution in [3.8, 4) is 50.6 Å². The third kappa shape index (κ3) is 6.37. The van der Waals surface area contributed by atoms with Gasteiger partial charge in [0.15, 0.2) is 0 Å². The van der Waals surface area contributed by atoms with Crippen LogP contribution in [0.1, 0.15) is 52.6 Å². The van der Waals surface area contributed by atoms with Gasteiger partial charge in [-0.2, -0.15) is 4.57 Å². The van der Waals surface area contributed by atoms with E-state index in [2.05, 4.69) is 54.6 Å². The summed E-state index contributed by atoms with van der Waals surface area (Å²) < 4.78 is 33.0. The van der Waals surface area contributed by atoms with Crippen molar-refractivity contribution in [2.45, 2.75) is 57.8 Å². The summed E-state index contributed by atoms with van der Waals surface area (Å²) in [7, 11) is -4.18. The molecule has 3 aliphatic carbocycles. The molecule has 248 valence electrons. The highest BCUT2D eigenvalue weighted by molar-refractivity contribution is 7.49. The maximum absolute atomic E-state index is 14.6. The highest BCUT2D eigenvalue weighted by Gasteiger charge is 2.33. The number of rotatable bonds is 9. The second kappa shape index (κ2) is 13.0. The van der Waals surface area contributed by atoms with Crippen LogP contribution in [0.15, 0.2) is 127 Å². The van der Waals surface area contributed by atoms with E-state index in [9.17, 15) is 4.57 Å². The maximum atomic E-state index is 14.6. The van der Waals surface area contributed by atoms with Crippen LogP contribution in [-0.4, -0.2) is 0 Å². The van der Waals surface area contributed by atoms with Crippen LogP contribution in [0.2, 0.25) is 0 Å². The van der Waals surface area contributed by atoms with Crippen LogP contribution in [0.5, 0.6) is 17.2 Å². The molecule has 0 unspecified atom stereocenters. The molecule has 5 heteroatoms. The first-order valence-electron chi connectivity index (χ1n) is 17.9. The lowest BCUT2D eigenvalue weighted by Crippen LogP contribution is -2.08. The predicted molar refractivity (Wildman–Crippen MR) is 201 cm³/mol. The van der Waals surface area contributed by atoms with Gasteiger partial charge < -0.3 is 13.6 Å². The van der Waals surface area contributed by atoms with Crippen molar-refractivity contribution >= 4 is 7.82 Å². The van der Waals surface area contributed by atoms with Gasteiger partial charge in [-0.15, -0.1) is 0 Å². The van der Waals surface area contributed by atoms with E-state index in [0.29, 0.717) is 17.2 Å². The average molecular weight is 675 g/mol. The van der Waals surface area contributed by atoms with Gasteiger partial charge in [0, 0.05) is 0 Å². The molecule has 6 bridgehead atoms. The Balaban J connectivity index is 0.990. The molecular formula is C45H39O4P. The van der Waals surface area contributed by atoms with Crippen molar-refractivity contribution in [1.82, 2.24) is 0 Å². The second-order valence-corrected chi connectivity index (χ2v) is 15.3. The SMILES string of the molecule is O=P(Oc1ccc(-c2ccc3cc2CCC3)cc1)(Oc1ccc(-c2ccc3cc2CCC3)cc1)Oc1ccc(-c2ccc3cc2CCC3)cc1. The second-order valence-electron chi connectivity index (χ2n) is 13.8. The first kappa shape index (κ1) is 31.0. The van der Waals surface area contributed by atoms with E-state index >= 15 is 0 Å². The number of phosphoric ester groups is 1. The molecule has 0 radical (unpaired) electrons. The van der Waals surface area contributed by atoms with Crippen LogP contribution in [0, 0.1) is 0 Å². The Bertz CT molecular complexity index is 1980. The fraction of sp³-hybridized carbons (Fsp3) is 0.200. The molecule has 0 spiro atoms. The summed E-state index contributed by atoms with van der Waals surface area (Å²) in [5.74, 6) is 1.23. The van der Waals surface area contributed by atoms with Gasteiger partial charge in [0.2, 0.25) is 0 Å². The van der Waals surface area contributed by atoms with Crippen molar-refractivity contribution in [3.05, 3.63) is 161 Å². The Hall–Kier alpha value is -5.05. The van der Waals surface area contributed by atoms with Gasteiger partial charge in [0.1, 0.15) is 17.2 Å². The molecule has 0 fully saturated rings. The Morgan fingerprint density at radius 3 is 0.960 bits per heavy atom. The molecule has 0 aliphatic heterocycles. The molecule has 0 saturated heterocycles. The molecule has 0 atom stereocenters. The fourth-order valence-corrected chi connectivity index (χ4v) is 9.10. The van der Waals surface area contributed by atoms with E-state index in [0.717, 1.165) is 55.2 Å². The predicted octanol–water partition coefficient (Wildman–Crippen LogP) is 11.8. The largest absolute Gasteiger partial charge is 0.647 e. The molecule has 0 saturated carbocycles. The van der Waals surface area contributed by atoms with Crippen molar-refractivity contribution in [2.24, 2.45) is 0 Å². The highest BCUT2D eigenvalue weighted by Crippen LogP contribution is 2.50. The highest BCUT2D eigenvalue weighted by atomic mass is 31.2. The zero-order valence-electron chi connectivity index (χ0n) is 28.1. The standard InChI is InChI=1S/C45H39O4P/c46-50(47-40-19-13-34(14-20-40)43-25-10-31-4-1-7-37(43)28-31,48-41-21-15-35(16-22-41)44-26-11-32-5-2-8-38(44)29-32)49-42-23-17-36(18-24-42)45-27-12-33-6-3-9-39(45)30-33/h10-30H,1-9H2. The molecule has 4 nitrogen and oxygen atoms in total. The summed E-state index contributed by atoms with van der Waals surface area (Å²) in [6.07, 6.45) is 10.2. The first-order chi connectivity index (χ1) is 24.5. The molecule has 0 heterocycles. The topological polar surface area (TPSA) is 44.8 Å². The quantitative estimate of drug-likeness (QED) is 0.143. The van der Waals surface area contributed by atoms with Gasteiger partial charge in [-0.1, -0.05) is 91.0 Å². The molecule has 0 amide bonds. The van der Waals surface area contributed by atoms with E-state index in [-0.39, 0.29) is 0 Å². The summed E-state index contributed by atoms with van der Waals surface area (Å²) in [5.41, 5.74) is 15.3. The van der Waals surface area contributed by atoms with Gasteiger partial charge in [-0.3, -0.25) is 0 Å². The van der Waals surface area contributed by atoms with Gasteiger partial charge in [-0.05, 0) is 161 Å². The summed E-state index contributed by atoms with van der Waals surface area (Å²) in [4.78, 5) is 0. The smallest absolute Gasteiger partial charge is 0.386 e. The maximum Gasteiger partial charge on any atom is 0.647 e. The lowest BCUT2D eigenvalue weighted by molar-refractivity contribution is 0.298. The molecule has 0 N–H and O–H groups in total. The summed E-state index contributed by atoms with van der Waals surface area (Å²) in [6.45, 7) is 0. The van der Waals surface area contributed by atoms with E-state index in [1.54, 1.807) is 0 Å². The zero-order chi connectivity index (χ0) is 33.5. The molecule has 0 aromatic heterocycles. The van der Waals surface area contributed by atoms with Crippen molar-refractivity contribution in [1.29, 1.82) is 0 Å². The van der Waals surface area contributed by atoms with E-state index in [4.69, 9.17) is 13.6 Å². The van der Waals surface area contributed by atoms with Gasteiger partial charge in [0.25, 0.3) is 0 Å². The van der Waals surface area contributed by atoms with Crippen molar-refractivity contribution in [3.63, 3.8) is 0 Å². The van der Waals surface area contributed by atoms with Crippen molar-refractivity contribution in [2.75, 3.05) is 0 Å². The number of aryl methyl sites for hydroxylation is 6. The molecule has 6 aromatic rings. The fourth-order valence-electron chi connectivity index (χ4n) is 7.85.